The molecule has 0 unspecified atom stereocenters. The Bertz CT molecular complexity index is 5040. The predicted molar refractivity (Wildman–Crippen MR) is 394 cm³/mol. The number of rotatable bonds is 19. The summed E-state index contributed by atoms with van der Waals surface area (Å²) in [4.78, 5) is 57.2. The molecule has 11 nitrogen and oxygen atoms in total. The molecule has 0 atom stereocenters. The van der Waals surface area contributed by atoms with Crippen molar-refractivity contribution in [1.29, 1.82) is 0 Å². The molecule has 3 amide bonds. The topological polar surface area (TPSA) is 117 Å². The van der Waals surface area contributed by atoms with E-state index >= 15 is 4.39 Å². The Hall–Kier alpha value is -8.86. The van der Waals surface area contributed by atoms with Gasteiger partial charge in [0.05, 0.1) is 59.5 Å². The smallest absolute Gasteiger partial charge is 0.266 e. The van der Waals surface area contributed by atoms with Crippen LogP contribution in [-0.2, 0) is 26.2 Å². The molecule has 2 aliphatic rings. The SMILES string of the molecule is COc1ccc(-c2ccncc2)cc1CN(C(=O)c1sc2c(F)ccc(F)c2c1Cl)C1CCC(N(Cc2ccccc2)C(=O)c2sc3c(F)ccc(F)c3c2Cl)CC1.COc1ccc(-c2ccncc2)cc1CN(C(=O)c1sc2c(F)ccc(F)c2c1Cl)C1CCC(NCc2ccccc2)CC1. The fraction of sp³-hybridized carbons (Fsp3) is 0.228. The summed E-state index contributed by atoms with van der Waals surface area (Å²) < 4.78 is 101. The maximum atomic E-state index is 15.0. The molecule has 0 saturated heterocycles. The first-order chi connectivity index (χ1) is 49.5. The van der Waals surface area contributed by atoms with E-state index in [4.69, 9.17) is 44.3 Å². The number of halogens is 9. The van der Waals surface area contributed by atoms with Gasteiger partial charge in [-0.2, -0.15) is 0 Å². The molecule has 1 N–H and O–H groups in total. The second kappa shape index (κ2) is 31.8. The van der Waals surface area contributed by atoms with Crippen LogP contribution in [0.3, 0.4) is 0 Å². The average molecular weight is 1490 g/mol. The highest BCUT2D eigenvalue weighted by Gasteiger charge is 2.39. The number of nitrogens with zero attached hydrogens (tertiary/aromatic N) is 5. The molecule has 0 aliphatic heterocycles. The largest absolute Gasteiger partial charge is 0.496 e. The van der Waals surface area contributed by atoms with E-state index in [1.807, 2.05) is 114 Å². The molecular weight excluding hydrogens is 1430 g/mol. The maximum absolute atomic E-state index is 15.0. The van der Waals surface area contributed by atoms with Crippen molar-refractivity contribution in [2.75, 3.05) is 14.2 Å². The molecule has 0 spiro atoms. The minimum Gasteiger partial charge on any atom is -0.496 e. The van der Waals surface area contributed by atoms with Crippen LogP contribution in [0, 0.1) is 34.9 Å². The van der Waals surface area contributed by atoms with E-state index in [1.165, 1.54) is 5.56 Å². The van der Waals surface area contributed by atoms with Gasteiger partial charge in [-0.3, -0.25) is 24.4 Å². The third-order valence-corrected chi connectivity index (χ3v) is 24.0. The van der Waals surface area contributed by atoms with E-state index in [0.717, 1.165) is 136 Å². The third-order valence-electron chi connectivity index (χ3n) is 19.0. The lowest BCUT2D eigenvalue weighted by atomic mass is 9.88. The van der Waals surface area contributed by atoms with Crippen molar-refractivity contribution in [2.45, 2.75) is 102 Å². The second-order valence-corrected chi connectivity index (χ2v) is 29.3. The van der Waals surface area contributed by atoms with Crippen LogP contribution < -0.4 is 14.8 Å². The van der Waals surface area contributed by atoms with Crippen LogP contribution in [0.5, 0.6) is 11.5 Å². The number of pyridine rings is 2. The lowest BCUT2D eigenvalue weighted by molar-refractivity contribution is 0.0460. The van der Waals surface area contributed by atoms with Gasteiger partial charge < -0.3 is 29.5 Å². The normalized spacial score (nSPS) is 16.0. The summed E-state index contributed by atoms with van der Waals surface area (Å²) in [5.41, 5.74) is 7.33. The summed E-state index contributed by atoms with van der Waals surface area (Å²) in [7, 11) is 3.15. The van der Waals surface area contributed by atoms with Crippen LogP contribution in [0.25, 0.3) is 52.5 Å². The number of hydrogen-bond acceptors (Lipinski definition) is 11. The molecule has 12 aromatic rings. The Morgan fingerprint density at radius 2 is 0.755 bits per heavy atom. The summed E-state index contributed by atoms with van der Waals surface area (Å²) in [6, 6.07) is 44.5. The molecule has 14 rings (SSSR count). The summed E-state index contributed by atoms with van der Waals surface area (Å²) in [5, 5.41) is 2.99. The first-order valence-electron chi connectivity index (χ1n) is 33.0. The Balaban J connectivity index is 0.000000189. The van der Waals surface area contributed by atoms with E-state index in [9.17, 15) is 36.3 Å². The van der Waals surface area contributed by atoms with Crippen molar-refractivity contribution < 1.29 is 50.2 Å². The van der Waals surface area contributed by atoms with Crippen molar-refractivity contribution in [2.24, 2.45) is 0 Å². The standard InChI is InChI=1S/C44H33Cl2F4N3O3S2.C35H32ClF2N3O2S/c1-56-34-16-7-26(25-17-19-51-20-18-25)21-27(34)23-53(44(55)42-38(46)36-31(48)13-15-33(50)40(36)58-42)29-10-8-28(9-11-29)52(22-24-5-3-2-4-6-24)43(54)41-37(45)35-30(47)12-14-32(49)39(35)57-41;1-43-30-14-7-24(23-15-17-39-18-16-23)19-25(30)21-41(27-10-8-26(9-11-27)40-20-22-5-3-2-4-6-22)35(42)34-32(36)31-28(37)12-13-29(38)33(31)44-34/h2-7,12-21,28-29H,8-11,22-23H2,1H3;2-7,12-19,26-27,40H,8-11,20-21H2,1H3. The Morgan fingerprint density at radius 1 is 0.422 bits per heavy atom. The monoisotopic (exact) mass is 1490 g/mol. The quantitative estimate of drug-likeness (QED) is 0.0796. The van der Waals surface area contributed by atoms with E-state index in [-0.39, 0.29) is 97.6 Å². The number of aromatic nitrogens is 2. The number of amides is 3. The van der Waals surface area contributed by atoms with Gasteiger partial charge in [-0.05, 0) is 170 Å². The second-order valence-electron chi connectivity index (χ2n) is 25.1. The molecule has 2 aliphatic carbocycles. The molecule has 2 fully saturated rings. The molecule has 2 saturated carbocycles. The lowest BCUT2D eigenvalue weighted by Gasteiger charge is -2.41. The number of hydrogen-bond donors (Lipinski definition) is 1. The molecular formula is C79H65Cl3F6N6O5S3. The summed E-state index contributed by atoms with van der Waals surface area (Å²) in [6.45, 7) is 1.32. The zero-order valence-corrected chi connectivity index (χ0v) is 59.7. The average Bonchev–Trinajstić information content (AvgIpc) is 1.61. The van der Waals surface area contributed by atoms with Gasteiger partial charge in [-0.15, -0.1) is 34.0 Å². The molecule has 23 heteroatoms. The molecule has 5 heterocycles. The molecule has 0 bridgehead atoms. The van der Waals surface area contributed by atoms with Gasteiger partial charge in [-0.25, -0.2) is 26.3 Å². The number of carbonyl (C=O) groups is 3. The van der Waals surface area contributed by atoms with Gasteiger partial charge in [0.15, 0.2) is 0 Å². The summed E-state index contributed by atoms with van der Waals surface area (Å²) in [6.07, 6.45) is 12.0. The van der Waals surface area contributed by atoms with Crippen LogP contribution >= 0.6 is 68.8 Å². The number of carbonyl (C=O) groups excluding carboxylic acids is 3. The van der Waals surface area contributed by atoms with Crippen molar-refractivity contribution >= 4 is 117 Å². The summed E-state index contributed by atoms with van der Waals surface area (Å²) in [5.74, 6) is -4.16. The van der Waals surface area contributed by atoms with Gasteiger partial charge in [0.1, 0.15) is 61.0 Å². The van der Waals surface area contributed by atoms with Gasteiger partial charge in [0.2, 0.25) is 0 Å². The zero-order chi connectivity index (χ0) is 71.3. The van der Waals surface area contributed by atoms with Crippen molar-refractivity contribution in [1.82, 2.24) is 30.0 Å². The fourth-order valence-electron chi connectivity index (χ4n) is 13.7. The Morgan fingerprint density at radius 3 is 1.11 bits per heavy atom. The first kappa shape index (κ1) is 71.5. The number of methoxy groups -OCH3 is 2. The van der Waals surface area contributed by atoms with Crippen LogP contribution in [0.1, 0.15) is 103 Å². The highest BCUT2D eigenvalue weighted by atomic mass is 35.5. The van der Waals surface area contributed by atoms with E-state index in [2.05, 4.69) is 27.4 Å². The number of nitrogens with one attached hydrogen (secondary N) is 1. The van der Waals surface area contributed by atoms with Crippen molar-refractivity contribution in [3.05, 3.63) is 269 Å². The first-order valence-corrected chi connectivity index (χ1v) is 36.6. The molecule has 102 heavy (non-hydrogen) atoms. The molecule has 5 aromatic heterocycles. The zero-order valence-electron chi connectivity index (χ0n) is 55.0. The number of ether oxygens (including phenoxy) is 2. The summed E-state index contributed by atoms with van der Waals surface area (Å²) >= 11 is 22.5. The maximum Gasteiger partial charge on any atom is 0.266 e. The van der Waals surface area contributed by atoms with Gasteiger partial charge >= 0.3 is 0 Å². The molecule has 7 aromatic carbocycles. The lowest BCUT2D eigenvalue weighted by Crippen LogP contribution is -2.47. The van der Waals surface area contributed by atoms with E-state index in [0.29, 0.717) is 48.8 Å². The van der Waals surface area contributed by atoms with Gasteiger partial charge in [0, 0.05) is 86.3 Å². The van der Waals surface area contributed by atoms with Crippen LogP contribution in [0.2, 0.25) is 15.1 Å². The highest BCUT2D eigenvalue weighted by molar-refractivity contribution is 7.22. The van der Waals surface area contributed by atoms with Crippen molar-refractivity contribution in [3.63, 3.8) is 0 Å². The highest BCUT2D eigenvalue weighted by Crippen LogP contribution is 2.45. The van der Waals surface area contributed by atoms with E-state index < -0.39 is 52.8 Å². The number of benzene rings is 7. The van der Waals surface area contributed by atoms with Crippen LogP contribution in [0.4, 0.5) is 26.3 Å². The third kappa shape index (κ3) is 15.1. The van der Waals surface area contributed by atoms with Gasteiger partial charge in [-0.1, -0.05) is 108 Å². The minimum atomic E-state index is -0.733. The minimum absolute atomic E-state index is 0.00629. The Kier molecular flexibility index (Phi) is 22.3. The predicted octanol–water partition coefficient (Wildman–Crippen LogP) is 21.0. The van der Waals surface area contributed by atoms with Crippen molar-refractivity contribution in [3.8, 4) is 33.8 Å². The number of fused-ring (bicyclic) bond motifs is 3. The molecule has 522 valence electrons. The number of thiophene rings is 3. The van der Waals surface area contributed by atoms with Crippen LogP contribution in [0.15, 0.2) is 183 Å². The fourth-order valence-corrected chi connectivity index (χ4v) is 18.2. The van der Waals surface area contributed by atoms with Gasteiger partial charge in [0.25, 0.3) is 17.7 Å². The Labute approximate surface area is 611 Å². The van der Waals surface area contributed by atoms with Crippen LogP contribution in [-0.4, -0.2) is 80.8 Å². The molecule has 0 radical (unpaired) electrons. The van der Waals surface area contributed by atoms with E-state index in [1.54, 1.807) is 48.8 Å².